The van der Waals surface area contributed by atoms with E-state index < -0.39 is 0 Å². The molecule has 2 aliphatic rings. The molecular formula is C12H20O2. The van der Waals surface area contributed by atoms with Crippen LogP contribution < -0.4 is 0 Å². The lowest BCUT2D eigenvalue weighted by Gasteiger charge is -2.26. The highest BCUT2D eigenvalue weighted by Gasteiger charge is 2.46. The van der Waals surface area contributed by atoms with Crippen molar-refractivity contribution in [3.8, 4) is 0 Å². The van der Waals surface area contributed by atoms with E-state index in [4.69, 9.17) is 4.74 Å². The molecule has 2 rings (SSSR count). The molecule has 80 valence electrons. The Morgan fingerprint density at radius 1 is 1.50 bits per heavy atom. The highest BCUT2D eigenvalue weighted by molar-refractivity contribution is 5.85. The van der Waals surface area contributed by atoms with Gasteiger partial charge in [0.25, 0.3) is 0 Å². The molecule has 14 heavy (non-hydrogen) atoms. The minimum absolute atomic E-state index is 0.0722. The number of carbonyl (C=O) groups is 1. The van der Waals surface area contributed by atoms with Crippen molar-refractivity contribution in [3.05, 3.63) is 0 Å². The van der Waals surface area contributed by atoms with Gasteiger partial charge >= 0.3 is 0 Å². The predicted molar refractivity (Wildman–Crippen MR) is 55.1 cm³/mol. The zero-order valence-corrected chi connectivity index (χ0v) is 9.05. The van der Waals surface area contributed by atoms with Crippen LogP contribution in [0.25, 0.3) is 0 Å². The van der Waals surface area contributed by atoms with Gasteiger partial charge in [0.05, 0.1) is 12.0 Å². The Morgan fingerprint density at radius 2 is 2.36 bits per heavy atom. The van der Waals surface area contributed by atoms with Crippen LogP contribution in [0.4, 0.5) is 0 Å². The van der Waals surface area contributed by atoms with E-state index in [1.165, 1.54) is 12.8 Å². The van der Waals surface area contributed by atoms with Crippen LogP contribution in [-0.2, 0) is 9.53 Å². The lowest BCUT2D eigenvalue weighted by atomic mass is 9.81. The smallest absolute Gasteiger partial charge is 0.141 e. The van der Waals surface area contributed by atoms with Crippen molar-refractivity contribution < 1.29 is 9.53 Å². The van der Waals surface area contributed by atoms with Crippen molar-refractivity contribution in [2.45, 2.75) is 45.4 Å². The first-order chi connectivity index (χ1) is 6.77. The van der Waals surface area contributed by atoms with Gasteiger partial charge in [-0.2, -0.15) is 0 Å². The normalized spacial score (nSPS) is 37.2. The fraction of sp³-hybridized carbons (Fsp3) is 0.917. The van der Waals surface area contributed by atoms with Crippen molar-refractivity contribution in [2.24, 2.45) is 11.3 Å². The summed E-state index contributed by atoms with van der Waals surface area (Å²) in [6.45, 7) is 3.42. The molecule has 0 aromatic heterocycles. The molecule has 0 amide bonds. The summed E-state index contributed by atoms with van der Waals surface area (Å²) in [6.07, 6.45) is 6.60. The molecule has 0 unspecified atom stereocenters. The van der Waals surface area contributed by atoms with Gasteiger partial charge in [-0.25, -0.2) is 0 Å². The Hall–Kier alpha value is -0.370. The number of ether oxygens (including phenoxy) is 1. The molecule has 0 heterocycles. The zero-order valence-electron chi connectivity index (χ0n) is 9.05. The van der Waals surface area contributed by atoms with Gasteiger partial charge in [0.1, 0.15) is 5.78 Å². The Bertz CT molecular complexity index is 224. The second kappa shape index (κ2) is 4.01. The molecule has 2 aliphatic carbocycles. The van der Waals surface area contributed by atoms with Crippen molar-refractivity contribution in [1.29, 1.82) is 0 Å². The van der Waals surface area contributed by atoms with Gasteiger partial charge in [0.2, 0.25) is 0 Å². The lowest BCUT2D eigenvalue weighted by molar-refractivity contribution is -0.131. The number of fused-ring (bicyclic) bond motifs is 2. The van der Waals surface area contributed by atoms with Gasteiger partial charge in [0.15, 0.2) is 0 Å². The standard InChI is InChI=1S/C12H20O2/c1-2-14-9-12-7-6-10(8-12)4-3-5-11(12)13/h10H,2-9H2,1H3/t10-,12+/m1/s1. The maximum absolute atomic E-state index is 12.0. The van der Waals surface area contributed by atoms with Crippen molar-refractivity contribution in [2.75, 3.05) is 13.2 Å². The van der Waals surface area contributed by atoms with Gasteiger partial charge in [-0.1, -0.05) is 0 Å². The fourth-order valence-electron chi connectivity index (χ4n) is 3.06. The molecule has 0 N–H and O–H groups in total. The van der Waals surface area contributed by atoms with E-state index in [0.29, 0.717) is 12.4 Å². The monoisotopic (exact) mass is 196 g/mol. The van der Waals surface area contributed by atoms with E-state index in [-0.39, 0.29) is 5.41 Å². The van der Waals surface area contributed by atoms with Crippen LogP contribution in [0.15, 0.2) is 0 Å². The van der Waals surface area contributed by atoms with Gasteiger partial charge in [-0.3, -0.25) is 4.79 Å². The Morgan fingerprint density at radius 3 is 3.14 bits per heavy atom. The van der Waals surface area contributed by atoms with Gasteiger partial charge in [-0.05, 0) is 44.9 Å². The van der Waals surface area contributed by atoms with E-state index in [1.54, 1.807) is 0 Å². The molecule has 2 nitrogen and oxygen atoms in total. The third-order valence-corrected chi connectivity index (χ3v) is 3.90. The van der Waals surface area contributed by atoms with E-state index >= 15 is 0 Å². The van der Waals surface area contributed by atoms with Crippen LogP contribution >= 0.6 is 0 Å². The molecule has 2 heteroatoms. The number of hydrogen-bond donors (Lipinski definition) is 0. The Labute approximate surface area is 86.0 Å². The average Bonchev–Trinajstić information content (AvgIpc) is 2.52. The molecule has 0 aromatic rings. The molecule has 0 aliphatic heterocycles. The molecule has 2 bridgehead atoms. The molecule has 0 aromatic carbocycles. The van der Waals surface area contributed by atoms with Crippen LogP contribution in [0.2, 0.25) is 0 Å². The molecule has 0 saturated heterocycles. The summed E-state index contributed by atoms with van der Waals surface area (Å²) < 4.78 is 5.50. The van der Waals surface area contributed by atoms with E-state index in [9.17, 15) is 4.79 Å². The third kappa shape index (κ3) is 1.72. The summed E-state index contributed by atoms with van der Waals surface area (Å²) in [7, 11) is 0. The first-order valence-corrected chi connectivity index (χ1v) is 5.88. The van der Waals surface area contributed by atoms with E-state index in [1.807, 2.05) is 6.92 Å². The minimum atomic E-state index is -0.0722. The van der Waals surface area contributed by atoms with E-state index in [0.717, 1.165) is 38.2 Å². The minimum Gasteiger partial charge on any atom is -0.381 e. The quantitative estimate of drug-likeness (QED) is 0.693. The fourth-order valence-corrected chi connectivity index (χ4v) is 3.06. The van der Waals surface area contributed by atoms with Crippen LogP contribution in [0, 0.1) is 11.3 Å². The Kier molecular flexibility index (Phi) is 2.91. The second-order valence-electron chi connectivity index (χ2n) is 4.84. The third-order valence-electron chi connectivity index (χ3n) is 3.90. The molecule has 2 atom stereocenters. The number of ketones is 1. The van der Waals surface area contributed by atoms with E-state index in [2.05, 4.69) is 0 Å². The highest BCUT2D eigenvalue weighted by Crippen LogP contribution is 2.47. The average molecular weight is 196 g/mol. The summed E-state index contributed by atoms with van der Waals surface area (Å²) in [6, 6.07) is 0. The van der Waals surface area contributed by atoms with Crippen LogP contribution in [0.3, 0.4) is 0 Å². The van der Waals surface area contributed by atoms with Gasteiger partial charge in [0, 0.05) is 13.0 Å². The maximum Gasteiger partial charge on any atom is 0.141 e. The largest absolute Gasteiger partial charge is 0.381 e. The number of carbonyl (C=O) groups excluding carboxylic acids is 1. The first-order valence-electron chi connectivity index (χ1n) is 5.88. The summed E-state index contributed by atoms with van der Waals surface area (Å²) in [4.78, 5) is 12.0. The maximum atomic E-state index is 12.0. The van der Waals surface area contributed by atoms with Crippen LogP contribution in [-0.4, -0.2) is 19.0 Å². The van der Waals surface area contributed by atoms with Gasteiger partial charge in [-0.15, -0.1) is 0 Å². The SMILES string of the molecule is CCOC[C@@]12CC[C@@H](CCCC1=O)C2. The summed E-state index contributed by atoms with van der Waals surface area (Å²) in [5.41, 5.74) is -0.0722. The molecule has 2 saturated carbocycles. The number of Topliss-reactive ketones (excluding diaryl/α,β-unsaturated/α-hetero) is 1. The van der Waals surface area contributed by atoms with Crippen molar-refractivity contribution in [1.82, 2.24) is 0 Å². The summed E-state index contributed by atoms with van der Waals surface area (Å²) in [5.74, 6) is 1.29. The van der Waals surface area contributed by atoms with Crippen molar-refractivity contribution in [3.63, 3.8) is 0 Å². The Balaban J connectivity index is 2.08. The topological polar surface area (TPSA) is 26.3 Å². The molecule has 0 spiro atoms. The molecular weight excluding hydrogens is 176 g/mol. The number of hydrogen-bond acceptors (Lipinski definition) is 2. The predicted octanol–water partition coefficient (Wildman–Crippen LogP) is 2.56. The lowest BCUT2D eigenvalue weighted by Crippen LogP contribution is -2.32. The second-order valence-corrected chi connectivity index (χ2v) is 4.84. The van der Waals surface area contributed by atoms with Crippen molar-refractivity contribution >= 4 is 5.78 Å². The highest BCUT2D eigenvalue weighted by atomic mass is 16.5. The first kappa shape index (κ1) is 10.2. The molecule has 0 radical (unpaired) electrons. The number of rotatable bonds is 3. The van der Waals surface area contributed by atoms with Crippen LogP contribution in [0.1, 0.15) is 45.4 Å². The summed E-state index contributed by atoms with van der Waals surface area (Å²) in [5, 5.41) is 0. The zero-order chi connectivity index (χ0) is 10.0. The van der Waals surface area contributed by atoms with Gasteiger partial charge < -0.3 is 4.74 Å². The summed E-state index contributed by atoms with van der Waals surface area (Å²) >= 11 is 0. The molecule has 2 fully saturated rings. The van der Waals surface area contributed by atoms with Crippen LogP contribution in [0.5, 0.6) is 0 Å².